The second-order valence-corrected chi connectivity index (χ2v) is 8.30. The van der Waals surface area contributed by atoms with Crippen LogP contribution in [0.4, 0.5) is 13.2 Å². The van der Waals surface area contributed by atoms with Gasteiger partial charge in [0.25, 0.3) is 0 Å². The minimum Gasteiger partial charge on any atom is -0.296 e. The summed E-state index contributed by atoms with van der Waals surface area (Å²) in [5.41, 5.74) is -0.564. The second kappa shape index (κ2) is 8.00. The number of alkyl halides is 3. The van der Waals surface area contributed by atoms with Crippen LogP contribution in [0.2, 0.25) is 0 Å². The summed E-state index contributed by atoms with van der Waals surface area (Å²) in [6, 6.07) is 5.65. The standard InChI is InChI=1S/C18H23F3N4S/c1-13(2)26-17-23-22-16(12-24-10-6-3-7-11-24)25(17)15-9-5-4-8-14(15)18(19,20)21/h4-5,8-9,13H,3,6-7,10-12H2,1-2H3. The molecule has 3 rings (SSSR count). The van der Waals surface area contributed by atoms with Crippen molar-refractivity contribution in [3.05, 3.63) is 35.7 Å². The van der Waals surface area contributed by atoms with Crippen LogP contribution >= 0.6 is 11.8 Å². The third-order valence-electron chi connectivity index (χ3n) is 4.31. The average Bonchev–Trinajstić information content (AvgIpc) is 2.96. The first-order valence-electron chi connectivity index (χ1n) is 8.86. The summed E-state index contributed by atoms with van der Waals surface area (Å²) in [5.74, 6) is 0.562. The molecule has 0 saturated carbocycles. The summed E-state index contributed by atoms with van der Waals surface area (Å²) in [7, 11) is 0. The Hall–Kier alpha value is -1.54. The van der Waals surface area contributed by atoms with Crippen molar-refractivity contribution in [2.24, 2.45) is 0 Å². The van der Waals surface area contributed by atoms with Gasteiger partial charge in [0.05, 0.1) is 17.8 Å². The number of hydrogen-bond donors (Lipinski definition) is 0. The molecule has 0 unspecified atom stereocenters. The Morgan fingerprint density at radius 3 is 2.42 bits per heavy atom. The number of benzene rings is 1. The monoisotopic (exact) mass is 384 g/mol. The summed E-state index contributed by atoms with van der Waals surface area (Å²) in [4.78, 5) is 2.24. The number of para-hydroxylation sites is 1. The van der Waals surface area contributed by atoms with E-state index < -0.39 is 11.7 Å². The summed E-state index contributed by atoms with van der Waals surface area (Å²) >= 11 is 1.43. The molecule has 1 aliphatic heterocycles. The molecule has 8 heteroatoms. The minimum absolute atomic E-state index is 0.0974. The van der Waals surface area contributed by atoms with E-state index in [0.29, 0.717) is 17.5 Å². The zero-order valence-electron chi connectivity index (χ0n) is 15.0. The molecule has 0 aliphatic carbocycles. The van der Waals surface area contributed by atoms with E-state index in [-0.39, 0.29) is 10.9 Å². The molecule has 142 valence electrons. The van der Waals surface area contributed by atoms with Gasteiger partial charge >= 0.3 is 6.18 Å². The summed E-state index contributed by atoms with van der Waals surface area (Å²) < 4.78 is 42.2. The van der Waals surface area contributed by atoms with Gasteiger partial charge in [-0.2, -0.15) is 13.2 Å². The Balaban J connectivity index is 2.04. The smallest absolute Gasteiger partial charge is 0.296 e. The minimum atomic E-state index is -4.43. The molecule has 1 fully saturated rings. The third kappa shape index (κ3) is 4.40. The number of piperidine rings is 1. The van der Waals surface area contributed by atoms with Gasteiger partial charge in [0.15, 0.2) is 11.0 Å². The second-order valence-electron chi connectivity index (χ2n) is 6.75. The van der Waals surface area contributed by atoms with E-state index in [9.17, 15) is 13.2 Å². The fraction of sp³-hybridized carbons (Fsp3) is 0.556. The number of nitrogens with zero attached hydrogens (tertiary/aromatic N) is 4. The Morgan fingerprint density at radius 2 is 1.77 bits per heavy atom. The molecule has 26 heavy (non-hydrogen) atoms. The van der Waals surface area contributed by atoms with Gasteiger partial charge in [-0.05, 0) is 38.1 Å². The number of likely N-dealkylation sites (tertiary alicyclic amines) is 1. The van der Waals surface area contributed by atoms with Crippen molar-refractivity contribution < 1.29 is 13.2 Å². The molecule has 2 aromatic rings. The molecule has 0 bridgehead atoms. The van der Waals surface area contributed by atoms with Crippen LogP contribution in [0.3, 0.4) is 0 Å². The lowest BCUT2D eigenvalue weighted by atomic mass is 10.1. The zero-order chi connectivity index (χ0) is 18.7. The molecule has 1 aliphatic rings. The van der Waals surface area contributed by atoms with Gasteiger partial charge < -0.3 is 0 Å². The van der Waals surface area contributed by atoms with Gasteiger partial charge in [-0.1, -0.05) is 44.2 Å². The van der Waals surface area contributed by atoms with E-state index >= 15 is 0 Å². The lowest BCUT2D eigenvalue weighted by Crippen LogP contribution is -2.30. The SMILES string of the molecule is CC(C)Sc1nnc(CN2CCCCC2)n1-c1ccccc1C(F)(F)F. The maximum atomic E-state index is 13.6. The van der Waals surface area contributed by atoms with Crippen molar-refractivity contribution in [3.8, 4) is 5.69 Å². The van der Waals surface area contributed by atoms with Crippen molar-refractivity contribution >= 4 is 11.8 Å². The molecule has 1 saturated heterocycles. The molecule has 0 N–H and O–H groups in total. The van der Waals surface area contributed by atoms with Crippen LogP contribution in [0.25, 0.3) is 5.69 Å². The van der Waals surface area contributed by atoms with E-state index in [1.165, 1.54) is 30.3 Å². The molecular formula is C18H23F3N4S. The van der Waals surface area contributed by atoms with Crippen LogP contribution in [-0.2, 0) is 12.7 Å². The van der Waals surface area contributed by atoms with Gasteiger partial charge in [-0.15, -0.1) is 10.2 Å². The molecule has 4 nitrogen and oxygen atoms in total. The van der Waals surface area contributed by atoms with Crippen LogP contribution in [-0.4, -0.2) is 38.0 Å². The van der Waals surface area contributed by atoms with Gasteiger partial charge in [0.1, 0.15) is 0 Å². The highest BCUT2D eigenvalue weighted by Gasteiger charge is 2.35. The first-order valence-corrected chi connectivity index (χ1v) is 9.74. The summed E-state index contributed by atoms with van der Waals surface area (Å²) in [5, 5.41) is 9.15. The summed E-state index contributed by atoms with van der Waals surface area (Å²) in [6.45, 7) is 6.38. The number of thioether (sulfide) groups is 1. The van der Waals surface area contributed by atoms with Crippen LogP contribution < -0.4 is 0 Å². The molecule has 1 aromatic carbocycles. The highest BCUT2D eigenvalue weighted by molar-refractivity contribution is 7.99. The quantitative estimate of drug-likeness (QED) is 0.695. The van der Waals surface area contributed by atoms with Crippen LogP contribution in [0.5, 0.6) is 0 Å². The topological polar surface area (TPSA) is 34.0 Å². The van der Waals surface area contributed by atoms with Gasteiger partial charge in [-0.25, -0.2) is 0 Å². The van der Waals surface area contributed by atoms with Crippen LogP contribution in [0.1, 0.15) is 44.5 Å². The van der Waals surface area contributed by atoms with Crippen molar-refractivity contribution in [2.75, 3.05) is 13.1 Å². The Bertz CT molecular complexity index is 736. The van der Waals surface area contributed by atoms with Crippen LogP contribution in [0, 0.1) is 0 Å². The van der Waals surface area contributed by atoms with Crippen molar-refractivity contribution in [3.63, 3.8) is 0 Å². The molecule has 0 radical (unpaired) electrons. The fourth-order valence-corrected chi connectivity index (χ4v) is 3.98. The predicted octanol–water partition coefficient (Wildman–Crippen LogP) is 4.77. The maximum Gasteiger partial charge on any atom is 0.418 e. The molecule has 1 aromatic heterocycles. The van der Waals surface area contributed by atoms with E-state index in [1.54, 1.807) is 10.6 Å². The highest BCUT2D eigenvalue weighted by Crippen LogP contribution is 2.36. The van der Waals surface area contributed by atoms with Gasteiger partial charge in [0.2, 0.25) is 0 Å². The highest BCUT2D eigenvalue weighted by atomic mass is 32.2. The molecule has 0 spiro atoms. The Morgan fingerprint density at radius 1 is 1.08 bits per heavy atom. The largest absolute Gasteiger partial charge is 0.418 e. The number of halogens is 3. The molecule has 2 heterocycles. The normalized spacial score (nSPS) is 16.4. The Labute approximate surface area is 155 Å². The molecular weight excluding hydrogens is 361 g/mol. The Kier molecular flexibility index (Phi) is 5.92. The lowest BCUT2D eigenvalue weighted by molar-refractivity contribution is -0.137. The maximum absolute atomic E-state index is 13.6. The van der Waals surface area contributed by atoms with E-state index in [1.807, 2.05) is 13.8 Å². The van der Waals surface area contributed by atoms with Crippen molar-refractivity contribution in [1.29, 1.82) is 0 Å². The number of rotatable bonds is 5. The van der Waals surface area contributed by atoms with Gasteiger partial charge in [0, 0.05) is 5.25 Å². The van der Waals surface area contributed by atoms with Crippen molar-refractivity contribution in [2.45, 2.75) is 56.2 Å². The number of hydrogen-bond acceptors (Lipinski definition) is 4. The predicted molar refractivity (Wildman–Crippen MR) is 96.5 cm³/mol. The molecule has 0 atom stereocenters. The first kappa shape index (κ1) is 19.2. The van der Waals surface area contributed by atoms with E-state index in [2.05, 4.69) is 15.1 Å². The lowest BCUT2D eigenvalue weighted by Gasteiger charge is -2.26. The van der Waals surface area contributed by atoms with Crippen molar-refractivity contribution in [1.82, 2.24) is 19.7 Å². The van der Waals surface area contributed by atoms with Crippen LogP contribution in [0.15, 0.2) is 29.4 Å². The fourth-order valence-electron chi connectivity index (χ4n) is 3.16. The van der Waals surface area contributed by atoms with E-state index in [0.717, 1.165) is 32.0 Å². The number of aromatic nitrogens is 3. The molecule has 0 amide bonds. The zero-order valence-corrected chi connectivity index (χ0v) is 15.8. The first-order chi connectivity index (χ1) is 12.4. The van der Waals surface area contributed by atoms with E-state index in [4.69, 9.17) is 0 Å². The summed E-state index contributed by atoms with van der Waals surface area (Å²) in [6.07, 6.45) is -1.00. The third-order valence-corrected chi connectivity index (χ3v) is 5.25. The van der Waals surface area contributed by atoms with Gasteiger partial charge in [-0.3, -0.25) is 9.47 Å². The average molecular weight is 384 g/mol.